The average molecular weight is 266 g/mol. The highest BCUT2D eigenvalue weighted by atomic mass is 35.5. The number of hydrogen-bond acceptors (Lipinski definition) is 2. The van der Waals surface area contributed by atoms with Gasteiger partial charge in [0.15, 0.2) is 0 Å². The zero-order valence-corrected chi connectivity index (χ0v) is 11.6. The van der Waals surface area contributed by atoms with E-state index in [1.54, 1.807) is 0 Å². The van der Waals surface area contributed by atoms with E-state index in [4.69, 9.17) is 11.6 Å². The summed E-state index contributed by atoms with van der Waals surface area (Å²) in [5, 5.41) is 0.753. The molecular formula is C15H20ClNO. The van der Waals surface area contributed by atoms with Crippen molar-refractivity contribution in [2.75, 3.05) is 13.6 Å². The quantitative estimate of drug-likeness (QED) is 0.812. The lowest BCUT2D eigenvalue weighted by Gasteiger charge is -2.18. The van der Waals surface area contributed by atoms with Crippen LogP contribution in [0.25, 0.3) is 0 Å². The molecule has 1 aromatic rings. The maximum absolute atomic E-state index is 12.0. The molecule has 1 aliphatic carbocycles. The molecule has 0 N–H and O–H groups in total. The van der Waals surface area contributed by atoms with Crippen LogP contribution in [0.15, 0.2) is 24.3 Å². The second kappa shape index (κ2) is 6.35. The molecule has 0 heterocycles. The molecule has 0 radical (unpaired) electrons. The summed E-state index contributed by atoms with van der Waals surface area (Å²) in [5.41, 5.74) is 1.20. The third kappa shape index (κ3) is 3.82. The number of halogens is 1. The van der Waals surface area contributed by atoms with Gasteiger partial charge in [0.05, 0.1) is 6.54 Å². The molecule has 0 atom stereocenters. The number of carbonyl (C=O) groups is 1. The fraction of sp³-hybridized carbons (Fsp3) is 0.533. The Morgan fingerprint density at radius 2 is 1.89 bits per heavy atom. The summed E-state index contributed by atoms with van der Waals surface area (Å²) in [4.78, 5) is 14.1. The molecule has 1 fully saturated rings. The van der Waals surface area contributed by atoms with Crippen molar-refractivity contribution >= 4 is 17.4 Å². The van der Waals surface area contributed by atoms with Gasteiger partial charge in [-0.15, -0.1) is 0 Å². The summed E-state index contributed by atoms with van der Waals surface area (Å²) < 4.78 is 0. The Hall–Kier alpha value is -0.860. The predicted octanol–water partition coefficient (Wildman–Crippen LogP) is 3.53. The Morgan fingerprint density at radius 3 is 2.50 bits per heavy atom. The molecule has 2 rings (SSSR count). The minimum Gasteiger partial charge on any atom is -0.298 e. The first-order valence-electron chi connectivity index (χ1n) is 6.61. The summed E-state index contributed by atoms with van der Waals surface area (Å²) in [6, 6.07) is 7.81. The third-order valence-electron chi connectivity index (χ3n) is 3.60. The number of likely N-dealkylation sites (N-methyl/N-ethyl adjacent to an activating group) is 1. The van der Waals surface area contributed by atoms with Gasteiger partial charge in [-0.3, -0.25) is 9.69 Å². The van der Waals surface area contributed by atoms with Gasteiger partial charge < -0.3 is 0 Å². The molecule has 0 bridgehead atoms. The van der Waals surface area contributed by atoms with E-state index < -0.39 is 0 Å². The highest BCUT2D eigenvalue weighted by Gasteiger charge is 2.23. The lowest BCUT2D eigenvalue weighted by atomic mass is 10.0. The van der Waals surface area contributed by atoms with Crippen molar-refractivity contribution in [2.45, 2.75) is 32.2 Å². The zero-order valence-electron chi connectivity index (χ0n) is 10.9. The highest BCUT2D eigenvalue weighted by Crippen LogP contribution is 2.25. The summed E-state index contributed by atoms with van der Waals surface area (Å²) in [7, 11) is 2.00. The molecule has 3 heteroatoms. The van der Waals surface area contributed by atoms with Gasteiger partial charge in [0.2, 0.25) is 0 Å². The van der Waals surface area contributed by atoms with Crippen molar-refractivity contribution in [3.05, 3.63) is 34.9 Å². The average Bonchev–Trinajstić information content (AvgIpc) is 2.85. The van der Waals surface area contributed by atoms with Gasteiger partial charge in [0.1, 0.15) is 5.78 Å². The van der Waals surface area contributed by atoms with Crippen LogP contribution in [0.3, 0.4) is 0 Å². The number of hydrogen-bond donors (Lipinski definition) is 0. The third-order valence-corrected chi connectivity index (χ3v) is 3.85. The first-order chi connectivity index (χ1) is 8.65. The van der Waals surface area contributed by atoms with Gasteiger partial charge >= 0.3 is 0 Å². The number of rotatable bonds is 5. The van der Waals surface area contributed by atoms with Gasteiger partial charge in [-0.1, -0.05) is 36.6 Å². The van der Waals surface area contributed by atoms with E-state index in [1.807, 2.05) is 31.3 Å². The van der Waals surface area contributed by atoms with Crippen LogP contribution >= 0.6 is 11.6 Å². The van der Waals surface area contributed by atoms with Crippen LogP contribution < -0.4 is 0 Å². The lowest BCUT2D eigenvalue weighted by Crippen LogP contribution is -2.29. The molecule has 1 aliphatic rings. The van der Waals surface area contributed by atoms with Crippen molar-refractivity contribution in [3.63, 3.8) is 0 Å². The maximum atomic E-state index is 12.0. The molecule has 0 unspecified atom stereocenters. The largest absolute Gasteiger partial charge is 0.298 e. The fourth-order valence-corrected chi connectivity index (χ4v) is 2.73. The highest BCUT2D eigenvalue weighted by molar-refractivity contribution is 6.30. The molecule has 18 heavy (non-hydrogen) atoms. The molecule has 2 nitrogen and oxygen atoms in total. The minimum atomic E-state index is 0.317. The fourth-order valence-electron chi connectivity index (χ4n) is 2.60. The lowest BCUT2D eigenvalue weighted by molar-refractivity contribution is -0.123. The van der Waals surface area contributed by atoms with Crippen LogP contribution in [0, 0.1) is 5.92 Å². The second-order valence-electron chi connectivity index (χ2n) is 5.25. The summed E-state index contributed by atoms with van der Waals surface area (Å²) in [6.45, 7) is 1.36. The van der Waals surface area contributed by atoms with Crippen LogP contribution in [-0.4, -0.2) is 24.3 Å². The van der Waals surface area contributed by atoms with Crippen molar-refractivity contribution in [1.29, 1.82) is 0 Å². The molecule has 0 spiro atoms. The smallest absolute Gasteiger partial charge is 0.149 e. The van der Waals surface area contributed by atoms with Gasteiger partial charge in [-0.05, 0) is 37.6 Å². The minimum absolute atomic E-state index is 0.317. The number of nitrogens with zero attached hydrogens (tertiary/aromatic N) is 1. The monoisotopic (exact) mass is 265 g/mol. The Bertz CT molecular complexity index is 395. The van der Waals surface area contributed by atoms with Crippen LogP contribution in [0.5, 0.6) is 0 Å². The molecule has 0 saturated heterocycles. The van der Waals surface area contributed by atoms with E-state index in [9.17, 15) is 4.79 Å². The van der Waals surface area contributed by atoms with Crippen LogP contribution in [-0.2, 0) is 11.3 Å². The van der Waals surface area contributed by atoms with E-state index in [1.165, 1.54) is 18.4 Å². The molecule has 1 saturated carbocycles. The van der Waals surface area contributed by atoms with Crippen LogP contribution in [0.2, 0.25) is 5.02 Å². The zero-order chi connectivity index (χ0) is 13.0. The van der Waals surface area contributed by atoms with E-state index in [0.29, 0.717) is 18.2 Å². The molecule has 98 valence electrons. The standard InChI is InChI=1S/C15H20ClNO/c1-17(10-12-6-8-14(16)9-7-12)11-15(18)13-4-2-3-5-13/h6-9,13H,2-5,10-11H2,1H3. The Balaban J connectivity index is 1.82. The van der Waals surface area contributed by atoms with E-state index >= 15 is 0 Å². The second-order valence-corrected chi connectivity index (χ2v) is 5.68. The molecule has 1 aromatic carbocycles. The Morgan fingerprint density at radius 1 is 1.28 bits per heavy atom. The number of Topliss-reactive ketones (excluding diaryl/α,β-unsaturated/α-hetero) is 1. The van der Waals surface area contributed by atoms with Crippen molar-refractivity contribution in [1.82, 2.24) is 4.90 Å². The first kappa shape index (κ1) is 13.6. The van der Waals surface area contributed by atoms with Crippen molar-refractivity contribution in [3.8, 4) is 0 Å². The van der Waals surface area contributed by atoms with Crippen molar-refractivity contribution < 1.29 is 4.79 Å². The number of benzene rings is 1. The van der Waals surface area contributed by atoms with E-state index in [2.05, 4.69) is 4.90 Å². The Labute approximate surface area is 114 Å². The summed E-state index contributed by atoms with van der Waals surface area (Å²) in [6.07, 6.45) is 4.62. The van der Waals surface area contributed by atoms with Crippen LogP contribution in [0.4, 0.5) is 0 Å². The maximum Gasteiger partial charge on any atom is 0.149 e. The molecule has 0 aromatic heterocycles. The molecule has 0 amide bonds. The van der Waals surface area contributed by atoms with Gasteiger partial charge in [-0.2, -0.15) is 0 Å². The van der Waals surface area contributed by atoms with Crippen molar-refractivity contribution in [2.24, 2.45) is 5.92 Å². The number of ketones is 1. The van der Waals surface area contributed by atoms with Gasteiger partial charge in [0, 0.05) is 17.5 Å². The SMILES string of the molecule is CN(CC(=O)C1CCCC1)Cc1ccc(Cl)cc1. The Kier molecular flexibility index (Phi) is 4.79. The molecule has 0 aliphatic heterocycles. The normalized spacial score (nSPS) is 16.4. The number of carbonyl (C=O) groups excluding carboxylic acids is 1. The van der Waals surface area contributed by atoms with Gasteiger partial charge in [-0.25, -0.2) is 0 Å². The molecular weight excluding hydrogens is 246 g/mol. The topological polar surface area (TPSA) is 20.3 Å². The predicted molar refractivity (Wildman–Crippen MR) is 74.8 cm³/mol. The van der Waals surface area contributed by atoms with Crippen LogP contribution in [0.1, 0.15) is 31.2 Å². The summed E-state index contributed by atoms with van der Waals surface area (Å²) in [5.74, 6) is 0.724. The van der Waals surface area contributed by atoms with E-state index in [0.717, 1.165) is 24.4 Å². The first-order valence-corrected chi connectivity index (χ1v) is 6.98. The van der Waals surface area contributed by atoms with E-state index in [-0.39, 0.29) is 0 Å². The van der Waals surface area contributed by atoms with Gasteiger partial charge in [0.25, 0.3) is 0 Å². The summed E-state index contributed by atoms with van der Waals surface area (Å²) >= 11 is 5.85.